The Balaban J connectivity index is 1.80. The summed E-state index contributed by atoms with van der Waals surface area (Å²) in [4.78, 5) is 18.2. The van der Waals surface area contributed by atoms with Gasteiger partial charge in [0.15, 0.2) is 0 Å². The molecule has 2 fully saturated rings. The van der Waals surface area contributed by atoms with Crippen LogP contribution in [-0.4, -0.2) is 40.1 Å². The summed E-state index contributed by atoms with van der Waals surface area (Å²) in [6.45, 7) is 1.34. The number of halogens is 1. The molecule has 5 nitrogen and oxygen atoms in total. The summed E-state index contributed by atoms with van der Waals surface area (Å²) in [7, 11) is 0. The van der Waals surface area contributed by atoms with Crippen molar-refractivity contribution in [2.45, 2.75) is 18.9 Å². The van der Waals surface area contributed by atoms with Crippen molar-refractivity contribution in [2.75, 3.05) is 18.8 Å². The standard InChI is InChI=1S/C13H16BrN3O2/c14-8-3-9(12(15)16-4-8)13(19)17-5-7-1-2-11(18)10(7)6-17/h3-4,7,10-11,18H,1-2,5-6H2,(H2,15,16). The van der Waals surface area contributed by atoms with Crippen LogP contribution in [-0.2, 0) is 0 Å². The lowest BCUT2D eigenvalue weighted by atomic mass is 10.00. The maximum Gasteiger partial charge on any atom is 0.257 e. The summed E-state index contributed by atoms with van der Waals surface area (Å²) in [5, 5.41) is 9.89. The summed E-state index contributed by atoms with van der Waals surface area (Å²) in [5.41, 5.74) is 6.21. The number of rotatable bonds is 1. The normalized spacial score (nSPS) is 29.6. The average Bonchev–Trinajstić information content (AvgIpc) is 2.94. The summed E-state index contributed by atoms with van der Waals surface area (Å²) >= 11 is 3.30. The highest BCUT2D eigenvalue weighted by Crippen LogP contribution is 2.38. The van der Waals surface area contributed by atoms with E-state index in [4.69, 9.17) is 5.73 Å². The first-order valence-electron chi connectivity index (χ1n) is 6.44. The maximum atomic E-state index is 12.5. The zero-order valence-electron chi connectivity index (χ0n) is 10.4. The van der Waals surface area contributed by atoms with Crippen LogP contribution in [0.4, 0.5) is 5.82 Å². The second-order valence-corrected chi connectivity index (χ2v) is 6.28. The highest BCUT2D eigenvalue weighted by molar-refractivity contribution is 9.10. The highest BCUT2D eigenvalue weighted by atomic mass is 79.9. The van der Waals surface area contributed by atoms with Gasteiger partial charge in [0.05, 0.1) is 11.7 Å². The van der Waals surface area contributed by atoms with Gasteiger partial charge in [0, 0.05) is 29.7 Å². The number of fused-ring (bicyclic) bond motifs is 1. The lowest BCUT2D eigenvalue weighted by Gasteiger charge is -2.19. The molecule has 6 heteroatoms. The van der Waals surface area contributed by atoms with Gasteiger partial charge in [0.25, 0.3) is 5.91 Å². The molecule has 0 aromatic carbocycles. The first kappa shape index (κ1) is 12.9. The number of carbonyl (C=O) groups is 1. The van der Waals surface area contributed by atoms with Gasteiger partial charge >= 0.3 is 0 Å². The Morgan fingerprint density at radius 2 is 2.26 bits per heavy atom. The molecular weight excluding hydrogens is 310 g/mol. The molecule has 2 aliphatic rings. The molecule has 1 aromatic rings. The van der Waals surface area contributed by atoms with Crippen LogP contribution >= 0.6 is 15.9 Å². The zero-order valence-corrected chi connectivity index (χ0v) is 12.0. The van der Waals surface area contributed by atoms with Gasteiger partial charge in [-0.05, 0) is 40.8 Å². The number of hydrogen-bond donors (Lipinski definition) is 2. The van der Waals surface area contributed by atoms with Crippen LogP contribution in [0.2, 0.25) is 0 Å². The van der Waals surface area contributed by atoms with Gasteiger partial charge < -0.3 is 15.7 Å². The number of amides is 1. The second kappa shape index (κ2) is 4.76. The number of nitrogen functional groups attached to an aromatic ring is 1. The molecule has 2 heterocycles. The number of likely N-dealkylation sites (tertiary alicyclic amines) is 1. The van der Waals surface area contributed by atoms with E-state index in [0.29, 0.717) is 24.6 Å². The maximum absolute atomic E-state index is 12.5. The molecule has 1 aliphatic heterocycles. The van der Waals surface area contributed by atoms with Gasteiger partial charge in [0.1, 0.15) is 5.82 Å². The molecule has 1 aromatic heterocycles. The number of nitrogens with zero attached hydrogens (tertiary/aromatic N) is 2. The molecule has 102 valence electrons. The fraction of sp³-hybridized carbons (Fsp3) is 0.538. The van der Waals surface area contributed by atoms with E-state index in [2.05, 4.69) is 20.9 Å². The number of hydrogen-bond acceptors (Lipinski definition) is 4. The Labute approximate surface area is 119 Å². The molecular formula is C13H16BrN3O2. The third-order valence-electron chi connectivity index (χ3n) is 4.22. The highest BCUT2D eigenvalue weighted by Gasteiger charge is 2.43. The fourth-order valence-electron chi connectivity index (χ4n) is 3.19. The van der Waals surface area contributed by atoms with Gasteiger partial charge in [0.2, 0.25) is 0 Å². The predicted octanol–water partition coefficient (Wildman–Crippen LogP) is 1.27. The average molecular weight is 326 g/mol. The van der Waals surface area contributed by atoms with E-state index in [1.807, 2.05) is 0 Å². The molecule has 3 unspecified atom stereocenters. The minimum Gasteiger partial charge on any atom is -0.393 e. The number of aromatic nitrogens is 1. The second-order valence-electron chi connectivity index (χ2n) is 5.37. The van der Waals surface area contributed by atoms with E-state index in [-0.39, 0.29) is 23.7 Å². The Morgan fingerprint density at radius 3 is 3.00 bits per heavy atom. The molecule has 1 saturated carbocycles. The summed E-state index contributed by atoms with van der Waals surface area (Å²) in [5.74, 6) is 0.823. The number of carbonyl (C=O) groups excluding carboxylic acids is 1. The molecule has 3 rings (SSSR count). The van der Waals surface area contributed by atoms with Crippen LogP contribution in [0.25, 0.3) is 0 Å². The van der Waals surface area contributed by atoms with Crippen LogP contribution < -0.4 is 5.73 Å². The van der Waals surface area contributed by atoms with Crippen molar-refractivity contribution in [1.29, 1.82) is 0 Å². The number of aliphatic hydroxyl groups is 1. The SMILES string of the molecule is Nc1ncc(Br)cc1C(=O)N1CC2CCC(O)C2C1. The Hall–Kier alpha value is -1.14. The largest absolute Gasteiger partial charge is 0.393 e. The van der Waals surface area contributed by atoms with E-state index in [1.165, 1.54) is 0 Å². The number of nitrogens with two attached hydrogens (primary N) is 1. The lowest BCUT2D eigenvalue weighted by Crippen LogP contribution is -2.31. The zero-order chi connectivity index (χ0) is 13.6. The van der Waals surface area contributed by atoms with E-state index in [9.17, 15) is 9.90 Å². The summed E-state index contributed by atoms with van der Waals surface area (Å²) in [6, 6.07) is 1.70. The number of pyridine rings is 1. The Morgan fingerprint density at radius 1 is 1.47 bits per heavy atom. The van der Waals surface area contributed by atoms with Gasteiger partial charge in [-0.1, -0.05) is 0 Å². The van der Waals surface area contributed by atoms with Crippen LogP contribution in [0.15, 0.2) is 16.7 Å². The molecule has 19 heavy (non-hydrogen) atoms. The number of anilines is 1. The van der Waals surface area contributed by atoms with Crippen molar-refractivity contribution in [1.82, 2.24) is 9.88 Å². The third kappa shape index (κ3) is 2.23. The van der Waals surface area contributed by atoms with Crippen LogP contribution in [0, 0.1) is 11.8 Å². The van der Waals surface area contributed by atoms with E-state index >= 15 is 0 Å². The smallest absolute Gasteiger partial charge is 0.257 e. The van der Waals surface area contributed by atoms with Crippen molar-refractivity contribution in [3.8, 4) is 0 Å². The van der Waals surface area contributed by atoms with Crippen molar-refractivity contribution in [3.63, 3.8) is 0 Å². The van der Waals surface area contributed by atoms with Crippen LogP contribution in [0.5, 0.6) is 0 Å². The molecule has 0 radical (unpaired) electrons. The first-order chi connectivity index (χ1) is 9.06. The van der Waals surface area contributed by atoms with Crippen molar-refractivity contribution < 1.29 is 9.90 Å². The van der Waals surface area contributed by atoms with Crippen LogP contribution in [0.3, 0.4) is 0 Å². The first-order valence-corrected chi connectivity index (χ1v) is 7.24. The van der Waals surface area contributed by atoms with E-state index in [0.717, 1.165) is 17.3 Å². The Kier molecular flexibility index (Phi) is 3.22. The Bertz CT molecular complexity index is 523. The van der Waals surface area contributed by atoms with Crippen molar-refractivity contribution >= 4 is 27.7 Å². The van der Waals surface area contributed by atoms with Gasteiger partial charge in [-0.3, -0.25) is 4.79 Å². The molecule has 3 N–H and O–H groups in total. The fourth-order valence-corrected chi connectivity index (χ4v) is 3.53. The van der Waals surface area contributed by atoms with E-state index < -0.39 is 0 Å². The lowest BCUT2D eigenvalue weighted by molar-refractivity contribution is 0.0753. The third-order valence-corrected chi connectivity index (χ3v) is 4.66. The minimum atomic E-state index is -0.263. The molecule has 1 aliphatic carbocycles. The molecule has 0 bridgehead atoms. The molecule has 1 amide bonds. The van der Waals surface area contributed by atoms with E-state index in [1.54, 1.807) is 17.2 Å². The molecule has 0 spiro atoms. The van der Waals surface area contributed by atoms with Crippen molar-refractivity contribution in [2.24, 2.45) is 11.8 Å². The molecule has 3 atom stereocenters. The van der Waals surface area contributed by atoms with Gasteiger partial charge in [-0.2, -0.15) is 0 Å². The van der Waals surface area contributed by atoms with Crippen molar-refractivity contribution in [3.05, 3.63) is 22.3 Å². The topological polar surface area (TPSA) is 79.5 Å². The summed E-state index contributed by atoms with van der Waals surface area (Å²) in [6.07, 6.45) is 3.18. The predicted molar refractivity (Wildman–Crippen MR) is 74.5 cm³/mol. The van der Waals surface area contributed by atoms with Gasteiger partial charge in [-0.15, -0.1) is 0 Å². The monoisotopic (exact) mass is 325 g/mol. The molecule has 1 saturated heterocycles. The number of aliphatic hydroxyl groups excluding tert-OH is 1. The minimum absolute atomic E-state index is 0.0899. The quantitative estimate of drug-likeness (QED) is 0.814. The van der Waals surface area contributed by atoms with Crippen LogP contribution in [0.1, 0.15) is 23.2 Å². The van der Waals surface area contributed by atoms with Gasteiger partial charge in [-0.25, -0.2) is 4.98 Å². The summed E-state index contributed by atoms with van der Waals surface area (Å²) < 4.78 is 0.740.